The van der Waals surface area contributed by atoms with Gasteiger partial charge in [-0.05, 0) is 82.6 Å². The van der Waals surface area contributed by atoms with Gasteiger partial charge in [0.1, 0.15) is 11.5 Å². The molecule has 0 aliphatic rings. The van der Waals surface area contributed by atoms with E-state index in [2.05, 4.69) is 113 Å². The van der Waals surface area contributed by atoms with Gasteiger partial charge in [0.05, 0.1) is 24.7 Å². The summed E-state index contributed by atoms with van der Waals surface area (Å²) >= 11 is 12.8. The van der Waals surface area contributed by atoms with Crippen LogP contribution >= 0.6 is 23.2 Å². The van der Waals surface area contributed by atoms with Crippen molar-refractivity contribution in [3.63, 3.8) is 0 Å². The Kier molecular flexibility index (Phi) is 11.9. The summed E-state index contributed by atoms with van der Waals surface area (Å²) in [5.74, 6) is 1.89. The second-order valence-electron chi connectivity index (χ2n) is 14.2. The van der Waals surface area contributed by atoms with E-state index in [0.717, 1.165) is 58.4 Å². The molecule has 6 aromatic rings. The van der Waals surface area contributed by atoms with Crippen LogP contribution in [0, 0.1) is 0 Å². The zero-order valence-electron chi connectivity index (χ0n) is 30.1. The summed E-state index contributed by atoms with van der Waals surface area (Å²) in [4.78, 5) is 0. The minimum atomic E-state index is -0.330. The number of hydrogen-bond donors (Lipinski definition) is 0. The Hall–Kier alpha value is -4.02. The molecule has 0 radical (unpaired) electrons. The van der Waals surface area contributed by atoms with Crippen LogP contribution in [0.15, 0.2) is 143 Å². The molecule has 0 bridgehead atoms. The van der Waals surface area contributed by atoms with Gasteiger partial charge in [0.2, 0.25) is 0 Å². The first-order valence-corrected chi connectivity index (χ1v) is 18.8. The van der Waals surface area contributed by atoms with E-state index in [-0.39, 0.29) is 23.0 Å². The van der Waals surface area contributed by atoms with Crippen LogP contribution in [0.1, 0.15) is 85.4 Å². The van der Waals surface area contributed by atoms with Crippen molar-refractivity contribution < 1.29 is 13.6 Å². The van der Waals surface area contributed by atoms with Crippen molar-refractivity contribution in [3.05, 3.63) is 189 Å². The fraction of sp³-hybridized carbons (Fsp3) is 0.304. The third-order valence-electron chi connectivity index (χ3n) is 10.9. The number of hydrogen-bond acceptors (Lipinski definition) is 3. The van der Waals surface area contributed by atoms with Gasteiger partial charge in [0, 0.05) is 46.6 Å². The molecule has 2 aromatic heterocycles. The average molecular weight is 720 g/mol. The van der Waals surface area contributed by atoms with E-state index in [9.17, 15) is 0 Å². The van der Waals surface area contributed by atoms with Crippen LogP contribution in [0.3, 0.4) is 0 Å². The van der Waals surface area contributed by atoms with E-state index in [0.29, 0.717) is 12.8 Å². The third-order valence-corrected chi connectivity index (χ3v) is 11.4. The van der Waals surface area contributed by atoms with Crippen LogP contribution in [0.25, 0.3) is 0 Å². The molecule has 0 N–H and O–H groups in total. The molecule has 0 fully saturated rings. The Morgan fingerprint density at radius 1 is 0.529 bits per heavy atom. The maximum Gasteiger partial charge on any atom is 0.108 e. The van der Waals surface area contributed by atoms with Crippen LogP contribution in [-0.2, 0) is 41.3 Å². The average Bonchev–Trinajstić information content (AvgIpc) is 3.80. The summed E-state index contributed by atoms with van der Waals surface area (Å²) in [5.41, 5.74) is 6.42. The molecule has 4 atom stereocenters. The maximum absolute atomic E-state index is 7.65. The molecule has 264 valence electrons. The molecular weight excluding hydrogens is 671 g/mol. The van der Waals surface area contributed by atoms with E-state index < -0.39 is 0 Å². The van der Waals surface area contributed by atoms with Crippen molar-refractivity contribution in [1.82, 2.24) is 0 Å². The lowest BCUT2D eigenvalue weighted by molar-refractivity contribution is -0.0840. The standard InChI is InChI=1S/C46H48Cl2O3/c1-5-45(3,37-17-21-39(47)22-18-37)43(29-35-27-41(49-31-35)25-33-13-9-7-10-14-33)51-44(46(4,6-2)38-19-23-40(48)24-20-38)30-36-28-42(50-32-36)26-34-15-11-8-12-16-34/h7-24,27-28,31-32,43-44H,5-6,25-26,29-30H2,1-4H3. The fourth-order valence-electron chi connectivity index (χ4n) is 7.22. The van der Waals surface area contributed by atoms with E-state index >= 15 is 0 Å². The highest BCUT2D eigenvalue weighted by molar-refractivity contribution is 6.30. The Balaban J connectivity index is 1.38. The lowest BCUT2D eigenvalue weighted by atomic mass is 9.71. The minimum Gasteiger partial charge on any atom is -0.469 e. The second-order valence-corrected chi connectivity index (χ2v) is 15.1. The van der Waals surface area contributed by atoms with Gasteiger partial charge < -0.3 is 13.6 Å². The molecule has 2 heterocycles. The molecule has 5 heteroatoms. The molecule has 3 nitrogen and oxygen atoms in total. The molecule has 6 rings (SSSR count). The first-order valence-electron chi connectivity index (χ1n) is 18.1. The fourth-order valence-corrected chi connectivity index (χ4v) is 7.47. The SMILES string of the molecule is CCC(C)(c1ccc(Cl)cc1)C(Cc1coc(Cc2ccccc2)c1)OC(Cc1coc(Cc2ccccc2)c1)C(C)(CC)c1ccc(Cl)cc1. The second kappa shape index (κ2) is 16.5. The maximum atomic E-state index is 7.65. The van der Waals surface area contributed by atoms with Crippen molar-refractivity contribution in [1.29, 1.82) is 0 Å². The highest BCUT2D eigenvalue weighted by Gasteiger charge is 2.43. The largest absolute Gasteiger partial charge is 0.469 e. The van der Waals surface area contributed by atoms with Gasteiger partial charge in [-0.25, -0.2) is 0 Å². The zero-order chi connectivity index (χ0) is 35.8. The quantitative estimate of drug-likeness (QED) is 0.0999. The van der Waals surface area contributed by atoms with Crippen molar-refractivity contribution in [2.24, 2.45) is 0 Å². The van der Waals surface area contributed by atoms with Crippen molar-refractivity contribution in [3.8, 4) is 0 Å². The van der Waals surface area contributed by atoms with E-state index in [1.54, 1.807) is 0 Å². The number of furan rings is 2. The predicted octanol–water partition coefficient (Wildman–Crippen LogP) is 12.6. The van der Waals surface area contributed by atoms with Crippen LogP contribution in [0.4, 0.5) is 0 Å². The van der Waals surface area contributed by atoms with E-state index in [1.165, 1.54) is 22.3 Å². The number of rotatable bonds is 16. The first kappa shape index (κ1) is 36.8. The summed E-state index contributed by atoms with van der Waals surface area (Å²) in [6, 6.07) is 41.8. The predicted molar refractivity (Wildman–Crippen MR) is 210 cm³/mol. The highest BCUT2D eigenvalue weighted by atomic mass is 35.5. The van der Waals surface area contributed by atoms with Gasteiger partial charge in [-0.15, -0.1) is 0 Å². The molecule has 0 aliphatic carbocycles. The normalized spacial score (nSPS) is 15.2. The molecule has 0 saturated heterocycles. The van der Waals surface area contributed by atoms with Crippen LogP contribution < -0.4 is 0 Å². The third kappa shape index (κ3) is 8.90. The van der Waals surface area contributed by atoms with Gasteiger partial charge in [0.25, 0.3) is 0 Å². The summed E-state index contributed by atoms with van der Waals surface area (Å²) in [5, 5.41) is 1.45. The van der Waals surface area contributed by atoms with Gasteiger partial charge >= 0.3 is 0 Å². The lowest BCUT2D eigenvalue weighted by Crippen LogP contribution is -2.48. The monoisotopic (exact) mass is 718 g/mol. The Labute approximate surface area is 313 Å². The van der Waals surface area contributed by atoms with Gasteiger partial charge in [0.15, 0.2) is 0 Å². The Morgan fingerprint density at radius 2 is 0.902 bits per heavy atom. The molecular formula is C46H48Cl2O3. The smallest absolute Gasteiger partial charge is 0.108 e. The van der Waals surface area contributed by atoms with E-state index in [1.807, 2.05) is 48.9 Å². The molecule has 4 aromatic carbocycles. The van der Waals surface area contributed by atoms with Crippen LogP contribution in [0.5, 0.6) is 0 Å². The lowest BCUT2D eigenvalue weighted by Gasteiger charge is -2.45. The molecule has 0 saturated carbocycles. The van der Waals surface area contributed by atoms with Crippen molar-refractivity contribution >= 4 is 23.2 Å². The number of benzene rings is 4. The summed E-state index contributed by atoms with van der Waals surface area (Å²) in [7, 11) is 0. The molecule has 51 heavy (non-hydrogen) atoms. The van der Waals surface area contributed by atoms with Crippen molar-refractivity contribution in [2.75, 3.05) is 0 Å². The highest BCUT2D eigenvalue weighted by Crippen LogP contribution is 2.42. The molecule has 4 unspecified atom stereocenters. The summed E-state index contributed by atoms with van der Waals surface area (Å²) < 4.78 is 20.0. The molecule has 0 amide bonds. The van der Waals surface area contributed by atoms with Crippen LogP contribution in [0.2, 0.25) is 10.0 Å². The summed E-state index contributed by atoms with van der Waals surface area (Å²) in [6.07, 6.45) is 8.04. The zero-order valence-corrected chi connectivity index (χ0v) is 31.6. The Bertz CT molecular complexity index is 1800. The van der Waals surface area contributed by atoms with Gasteiger partial charge in [-0.2, -0.15) is 0 Å². The first-order chi connectivity index (χ1) is 24.7. The summed E-state index contributed by atoms with van der Waals surface area (Å²) in [6.45, 7) is 9.15. The van der Waals surface area contributed by atoms with E-state index in [4.69, 9.17) is 36.8 Å². The Morgan fingerprint density at radius 3 is 1.25 bits per heavy atom. The van der Waals surface area contributed by atoms with Crippen LogP contribution in [-0.4, -0.2) is 12.2 Å². The van der Waals surface area contributed by atoms with Crippen molar-refractivity contribution in [2.45, 2.75) is 89.3 Å². The molecule has 0 aliphatic heterocycles. The number of ether oxygens (including phenoxy) is 1. The van der Waals surface area contributed by atoms with Gasteiger partial charge in [-0.1, -0.05) is 136 Å². The minimum absolute atomic E-state index is 0.190. The molecule has 0 spiro atoms. The number of halogens is 2. The van der Waals surface area contributed by atoms with Gasteiger partial charge in [-0.3, -0.25) is 0 Å². The topological polar surface area (TPSA) is 35.5 Å².